The van der Waals surface area contributed by atoms with Crippen molar-refractivity contribution in [2.45, 2.75) is 50.7 Å². The summed E-state index contributed by atoms with van der Waals surface area (Å²) in [7, 11) is 1.05. The van der Waals surface area contributed by atoms with Crippen molar-refractivity contribution in [3.63, 3.8) is 0 Å². The number of ether oxygens (including phenoxy) is 2. The first kappa shape index (κ1) is 24.8. The number of anilines is 1. The minimum atomic E-state index is -4.86. The van der Waals surface area contributed by atoms with Crippen LogP contribution in [0.15, 0.2) is 30.5 Å². The lowest BCUT2D eigenvalue weighted by Gasteiger charge is -2.32. The van der Waals surface area contributed by atoms with E-state index in [1.165, 1.54) is 32.2 Å². The Morgan fingerprint density at radius 2 is 1.97 bits per heavy atom. The number of rotatable bonds is 5. The van der Waals surface area contributed by atoms with E-state index in [0.29, 0.717) is 0 Å². The lowest BCUT2D eigenvalue weighted by Crippen LogP contribution is -2.47. The van der Waals surface area contributed by atoms with Gasteiger partial charge in [0.2, 0.25) is 5.82 Å². The molecule has 0 radical (unpaired) electrons. The standard InChI is InChI=1S/C22H23F5N2O4/c1-10-16(13-5-6-14(23)17(24)18(13)32-4)19(33-21(10,3)22(25,26)27)20(31)29-12-7-8-28-15(9-12)11(2)30/h5-11,16,19,30H,1-4H3,(H,28,29,31)/t10-,11+,16-,19+,21+/m1/s1. The Balaban J connectivity index is 2.07. The summed E-state index contributed by atoms with van der Waals surface area (Å²) in [6, 6.07) is 4.59. The first-order chi connectivity index (χ1) is 15.3. The molecule has 0 bridgehead atoms. The summed E-state index contributed by atoms with van der Waals surface area (Å²) >= 11 is 0. The number of benzene rings is 1. The molecule has 0 saturated carbocycles. The van der Waals surface area contributed by atoms with E-state index in [-0.39, 0.29) is 16.9 Å². The van der Waals surface area contributed by atoms with Gasteiger partial charge < -0.3 is 19.9 Å². The van der Waals surface area contributed by atoms with Gasteiger partial charge in [-0.2, -0.15) is 17.6 Å². The molecule has 0 unspecified atom stereocenters. The predicted molar refractivity (Wildman–Crippen MR) is 108 cm³/mol. The second-order valence-corrected chi connectivity index (χ2v) is 8.08. The molecule has 1 aromatic heterocycles. The molecule has 3 rings (SSSR count). The largest absolute Gasteiger partial charge is 0.493 e. The zero-order valence-electron chi connectivity index (χ0n) is 18.2. The molecule has 1 aliphatic heterocycles. The average molecular weight is 474 g/mol. The fourth-order valence-electron chi connectivity index (χ4n) is 4.01. The molecule has 5 atom stereocenters. The highest BCUT2D eigenvalue weighted by Crippen LogP contribution is 2.55. The number of carbonyl (C=O) groups excluding carboxylic acids is 1. The molecule has 6 nitrogen and oxygen atoms in total. The Morgan fingerprint density at radius 1 is 1.30 bits per heavy atom. The summed E-state index contributed by atoms with van der Waals surface area (Å²) in [4.78, 5) is 17.0. The number of nitrogens with one attached hydrogen (secondary N) is 1. The Morgan fingerprint density at radius 3 is 2.55 bits per heavy atom. The van der Waals surface area contributed by atoms with Crippen LogP contribution in [0, 0.1) is 17.6 Å². The number of alkyl halides is 3. The van der Waals surface area contributed by atoms with E-state index in [1.54, 1.807) is 0 Å². The highest BCUT2D eigenvalue weighted by molar-refractivity contribution is 5.95. The highest BCUT2D eigenvalue weighted by Gasteiger charge is 2.65. The Bertz CT molecular complexity index is 1050. The number of aliphatic hydroxyl groups excluding tert-OH is 1. The Kier molecular flexibility index (Phi) is 6.67. The van der Waals surface area contributed by atoms with Gasteiger partial charge in [-0.1, -0.05) is 13.0 Å². The van der Waals surface area contributed by atoms with Gasteiger partial charge in [0.1, 0.15) is 6.10 Å². The van der Waals surface area contributed by atoms with E-state index in [9.17, 15) is 31.9 Å². The van der Waals surface area contributed by atoms with Crippen molar-refractivity contribution in [1.82, 2.24) is 4.98 Å². The molecule has 1 aromatic carbocycles. The van der Waals surface area contributed by atoms with Crippen LogP contribution >= 0.6 is 0 Å². The van der Waals surface area contributed by atoms with Crippen molar-refractivity contribution in [2.75, 3.05) is 12.4 Å². The lowest BCUT2D eigenvalue weighted by molar-refractivity contribution is -0.272. The number of halogens is 5. The van der Waals surface area contributed by atoms with Crippen molar-refractivity contribution >= 4 is 11.6 Å². The number of pyridine rings is 1. The third-order valence-electron chi connectivity index (χ3n) is 6.05. The fraction of sp³-hybridized carbons (Fsp3) is 0.455. The minimum absolute atomic E-state index is 0.128. The van der Waals surface area contributed by atoms with Gasteiger partial charge in [0, 0.05) is 29.3 Å². The Hall–Kier alpha value is -2.79. The quantitative estimate of drug-likeness (QED) is 0.624. The van der Waals surface area contributed by atoms with Gasteiger partial charge in [-0.3, -0.25) is 9.78 Å². The van der Waals surface area contributed by atoms with Gasteiger partial charge in [-0.05, 0) is 32.0 Å². The van der Waals surface area contributed by atoms with E-state index in [2.05, 4.69) is 10.3 Å². The van der Waals surface area contributed by atoms with Gasteiger partial charge in [0.25, 0.3) is 5.91 Å². The molecule has 1 fully saturated rings. The zero-order valence-corrected chi connectivity index (χ0v) is 18.2. The number of aliphatic hydroxyl groups is 1. The summed E-state index contributed by atoms with van der Waals surface area (Å²) in [5.74, 6) is -6.84. The van der Waals surface area contributed by atoms with E-state index in [1.807, 2.05) is 0 Å². The first-order valence-electron chi connectivity index (χ1n) is 10.0. The minimum Gasteiger partial charge on any atom is -0.493 e. The van der Waals surface area contributed by atoms with Crippen LogP contribution in [0.1, 0.15) is 44.1 Å². The van der Waals surface area contributed by atoms with E-state index < -0.39 is 59.1 Å². The van der Waals surface area contributed by atoms with E-state index in [4.69, 9.17) is 9.47 Å². The smallest absolute Gasteiger partial charge is 0.417 e. The van der Waals surface area contributed by atoms with Crippen LogP contribution in [0.25, 0.3) is 0 Å². The van der Waals surface area contributed by atoms with E-state index in [0.717, 1.165) is 26.2 Å². The molecule has 2 N–H and O–H groups in total. The van der Waals surface area contributed by atoms with Crippen LogP contribution in [-0.4, -0.2) is 41.0 Å². The number of hydrogen-bond acceptors (Lipinski definition) is 5. The summed E-state index contributed by atoms with van der Waals surface area (Å²) in [5.41, 5.74) is -2.49. The molecule has 0 spiro atoms. The molecule has 1 aliphatic rings. The molecular weight excluding hydrogens is 451 g/mol. The Labute approximate surface area is 186 Å². The summed E-state index contributed by atoms with van der Waals surface area (Å²) in [6.45, 7) is 3.49. The average Bonchev–Trinajstić information content (AvgIpc) is 3.02. The van der Waals surface area contributed by atoms with Gasteiger partial charge >= 0.3 is 6.18 Å². The third-order valence-corrected chi connectivity index (χ3v) is 6.05. The van der Waals surface area contributed by atoms with Gasteiger partial charge in [-0.15, -0.1) is 0 Å². The van der Waals surface area contributed by atoms with Crippen molar-refractivity contribution < 1.29 is 41.3 Å². The van der Waals surface area contributed by atoms with Crippen LogP contribution in [-0.2, 0) is 9.53 Å². The molecule has 180 valence electrons. The first-order valence-corrected chi connectivity index (χ1v) is 10.0. The van der Waals surface area contributed by atoms with Crippen molar-refractivity contribution in [3.8, 4) is 5.75 Å². The normalized spacial score (nSPS) is 26.2. The number of methoxy groups -OCH3 is 1. The van der Waals surface area contributed by atoms with Crippen molar-refractivity contribution in [3.05, 3.63) is 53.4 Å². The second-order valence-electron chi connectivity index (χ2n) is 8.08. The van der Waals surface area contributed by atoms with Gasteiger partial charge in [0.05, 0.1) is 18.9 Å². The summed E-state index contributed by atoms with van der Waals surface area (Å²) < 4.78 is 80.2. The lowest BCUT2D eigenvalue weighted by atomic mass is 9.77. The number of amides is 1. The molecular formula is C22H23F5N2O4. The molecule has 11 heteroatoms. The maximum absolute atomic E-state index is 14.4. The van der Waals surface area contributed by atoms with Crippen LogP contribution in [0.3, 0.4) is 0 Å². The summed E-state index contributed by atoms with van der Waals surface area (Å²) in [6.07, 6.45) is -6.21. The summed E-state index contributed by atoms with van der Waals surface area (Å²) in [5, 5.41) is 12.1. The maximum Gasteiger partial charge on any atom is 0.417 e. The van der Waals surface area contributed by atoms with Crippen LogP contribution in [0.4, 0.5) is 27.6 Å². The van der Waals surface area contributed by atoms with Crippen LogP contribution in [0.2, 0.25) is 0 Å². The van der Waals surface area contributed by atoms with Gasteiger partial charge in [-0.25, -0.2) is 4.39 Å². The topological polar surface area (TPSA) is 80.7 Å². The fourth-order valence-corrected chi connectivity index (χ4v) is 4.01. The van der Waals surface area contributed by atoms with Gasteiger partial charge in [0.15, 0.2) is 17.2 Å². The van der Waals surface area contributed by atoms with Crippen LogP contribution < -0.4 is 10.1 Å². The maximum atomic E-state index is 14.4. The highest BCUT2D eigenvalue weighted by atomic mass is 19.4. The number of hydrogen-bond donors (Lipinski definition) is 2. The zero-order chi connectivity index (χ0) is 24.7. The third kappa shape index (κ3) is 4.39. The SMILES string of the molecule is COc1c([C@@H]2[C@@H](C(=O)Nc3ccnc([C@H](C)O)c3)O[C@](C)(C(F)(F)F)[C@@H]2C)ccc(F)c1F. The number of nitrogens with zero attached hydrogens (tertiary/aromatic N) is 1. The van der Waals surface area contributed by atoms with E-state index >= 15 is 0 Å². The number of carbonyl (C=O) groups is 1. The molecule has 2 heterocycles. The second kappa shape index (κ2) is 8.86. The van der Waals surface area contributed by atoms with Crippen molar-refractivity contribution in [2.24, 2.45) is 5.92 Å². The van der Waals surface area contributed by atoms with Crippen LogP contribution in [0.5, 0.6) is 5.75 Å². The molecule has 2 aromatic rings. The van der Waals surface area contributed by atoms with Crippen molar-refractivity contribution in [1.29, 1.82) is 0 Å². The monoisotopic (exact) mass is 474 g/mol. The number of aromatic nitrogens is 1. The molecule has 1 saturated heterocycles. The molecule has 0 aliphatic carbocycles. The molecule has 33 heavy (non-hydrogen) atoms. The molecule has 1 amide bonds. The predicted octanol–water partition coefficient (Wildman–Crippen LogP) is 4.50.